The monoisotopic (exact) mass is 292 g/mol. The molecule has 0 aliphatic heterocycles. The fourth-order valence-corrected chi connectivity index (χ4v) is 2.46. The Morgan fingerprint density at radius 3 is 2.64 bits per heavy atom. The highest BCUT2D eigenvalue weighted by Gasteiger charge is 2.13. The van der Waals surface area contributed by atoms with Gasteiger partial charge in [0.1, 0.15) is 5.56 Å². The third-order valence-electron chi connectivity index (χ3n) is 3.64. The molecule has 0 aliphatic carbocycles. The maximum atomic E-state index is 12.4. The number of fused-ring (bicyclic) bond motifs is 1. The summed E-state index contributed by atoms with van der Waals surface area (Å²) in [6.07, 6.45) is 0.810. The fraction of sp³-hybridized carbons (Fsp3) is 0.111. The number of para-hydroxylation sites is 2. The number of hydrogen-bond acceptors (Lipinski definition) is 2. The molecule has 2 aromatic carbocycles. The quantitative estimate of drug-likeness (QED) is 0.777. The molecule has 0 spiro atoms. The molecule has 4 nitrogen and oxygen atoms in total. The Morgan fingerprint density at radius 1 is 1.09 bits per heavy atom. The Bertz CT molecular complexity index is 897. The number of carbonyl (C=O) groups is 1. The first kappa shape index (κ1) is 14.1. The van der Waals surface area contributed by atoms with E-state index in [4.69, 9.17) is 0 Å². The van der Waals surface area contributed by atoms with Gasteiger partial charge in [0.25, 0.3) is 11.5 Å². The molecule has 1 amide bonds. The maximum absolute atomic E-state index is 12.4. The lowest BCUT2D eigenvalue weighted by Gasteiger charge is -2.09. The minimum Gasteiger partial charge on any atom is -0.322 e. The van der Waals surface area contributed by atoms with Crippen LogP contribution in [0.25, 0.3) is 10.9 Å². The van der Waals surface area contributed by atoms with E-state index in [9.17, 15) is 9.59 Å². The summed E-state index contributed by atoms with van der Waals surface area (Å²) >= 11 is 0. The van der Waals surface area contributed by atoms with Crippen molar-refractivity contribution in [2.45, 2.75) is 13.3 Å². The van der Waals surface area contributed by atoms with Crippen molar-refractivity contribution in [2.75, 3.05) is 5.32 Å². The van der Waals surface area contributed by atoms with Crippen LogP contribution in [0.15, 0.2) is 59.4 Å². The normalized spacial score (nSPS) is 10.6. The Hall–Kier alpha value is -2.88. The standard InChI is InChI=1S/C18H16N2O2/c1-2-12-7-3-5-9-15(12)19-17(21)14-11-13-8-4-6-10-16(13)20-18(14)22/h3-11H,2H2,1H3,(H,19,21)(H,20,22). The Kier molecular flexibility index (Phi) is 3.74. The topological polar surface area (TPSA) is 62.0 Å². The van der Waals surface area contributed by atoms with Gasteiger partial charge >= 0.3 is 0 Å². The van der Waals surface area contributed by atoms with Gasteiger partial charge in [-0.25, -0.2) is 0 Å². The summed E-state index contributed by atoms with van der Waals surface area (Å²) in [5.41, 5.74) is 2.23. The van der Waals surface area contributed by atoms with E-state index < -0.39 is 5.91 Å². The fourth-order valence-electron chi connectivity index (χ4n) is 2.46. The van der Waals surface area contributed by atoms with Gasteiger partial charge in [-0.1, -0.05) is 43.3 Å². The summed E-state index contributed by atoms with van der Waals surface area (Å²) in [7, 11) is 0. The van der Waals surface area contributed by atoms with Crippen molar-refractivity contribution in [2.24, 2.45) is 0 Å². The van der Waals surface area contributed by atoms with Crippen LogP contribution < -0.4 is 10.9 Å². The molecule has 0 atom stereocenters. The highest BCUT2D eigenvalue weighted by molar-refractivity contribution is 6.06. The van der Waals surface area contributed by atoms with Crippen LogP contribution in [0.5, 0.6) is 0 Å². The zero-order chi connectivity index (χ0) is 15.5. The molecule has 1 aromatic heterocycles. The van der Waals surface area contributed by atoms with Gasteiger partial charge in [-0.2, -0.15) is 0 Å². The van der Waals surface area contributed by atoms with E-state index in [0.29, 0.717) is 0 Å². The summed E-state index contributed by atoms with van der Waals surface area (Å²) in [5.74, 6) is -0.395. The van der Waals surface area contributed by atoms with Crippen LogP contribution in [0.3, 0.4) is 0 Å². The predicted octanol–water partition coefficient (Wildman–Crippen LogP) is 3.34. The van der Waals surface area contributed by atoms with Crippen molar-refractivity contribution in [3.8, 4) is 0 Å². The van der Waals surface area contributed by atoms with Crippen molar-refractivity contribution < 1.29 is 4.79 Å². The molecule has 0 fully saturated rings. The summed E-state index contributed by atoms with van der Waals surface area (Å²) in [4.78, 5) is 27.3. The number of nitrogens with one attached hydrogen (secondary N) is 2. The number of hydrogen-bond donors (Lipinski definition) is 2. The summed E-state index contributed by atoms with van der Waals surface area (Å²) < 4.78 is 0. The van der Waals surface area contributed by atoms with E-state index in [2.05, 4.69) is 10.3 Å². The van der Waals surface area contributed by atoms with E-state index >= 15 is 0 Å². The molecule has 0 aliphatic rings. The molecule has 0 radical (unpaired) electrons. The van der Waals surface area contributed by atoms with Gasteiger partial charge in [-0.15, -0.1) is 0 Å². The summed E-state index contributed by atoms with van der Waals surface area (Å²) in [6, 6.07) is 16.6. The molecule has 3 aromatic rings. The maximum Gasteiger partial charge on any atom is 0.261 e. The number of aromatic amines is 1. The minimum absolute atomic E-state index is 0.115. The van der Waals surface area contributed by atoms with Gasteiger partial charge in [0.15, 0.2) is 0 Å². The zero-order valence-corrected chi connectivity index (χ0v) is 12.2. The molecule has 0 saturated heterocycles. The average molecular weight is 292 g/mol. The zero-order valence-electron chi connectivity index (χ0n) is 12.2. The molecule has 22 heavy (non-hydrogen) atoms. The summed E-state index contributed by atoms with van der Waals surface area (Å²) in [6.45, 7) is 2.02. The Labute approximate surface area is 127 Å². The number of H-pyrrole nitrogens is 1. The Morgan fingerprint density at radius 2 is 1.82 bits per heavy atom. The van der Waals surface area contributed by atoms with Crippen LogP contribution in [-0.2, 0) is 6.42 Å². The van der Waals surface area contributed by atoms with E-state index in [-0.39, 0.29) is 11.1 Å². The van der Waals surface area contributed by atoms with E-state index in [0.717, 1.165) is 28.6 Å². The minimum atomic E-state index is -0.395. The number of benzene rings is 2. The lowest BCUT2D eigenvalue weighted by Crippen LogP contribution is -2.23. The second-order valence-corrected chi connectivity index (χ2v) is 5.06. The molecular formula is C18H16N2O2. The molecular weight excluding hydrogens is 276 g/mol. The van der Waals surface area contributed by atoms with Crippen LogP contribution in [-0.4, -0.2) is 10.9 Å². The molecule has 0 unspecified atom stereocenters. The second kappa shape index (κ2) is 5.85. The third kappa shape index (κ3) is 2.63. The van der Waals surface area contributed by atoms with Gasteiger partial charge in [0.2, 0.25) is 0 Å². The highest BCUT2D eigenvalue weighted by Crippen LogP contribution is 2.17. The summed E-state index contributed by atoms with van der Waals surface area (Å²) in [5, 5.41) is 3.65. The van der Waals surface area contributed by atoms with E-state index in [1.54, 1.807) is 6.07 Å². The van der Waals surface area contributed by atoms with Crippen molar-refractivity contribution in [3.05, 3.63) is 76.1 Å². The van der Waals surface area contributed by atoms with Crippen LogP contribution in [0.1, 0.15) is 22.8 Å². The molecule has 2 N–H and O–H groups in total. The van der Waals surface area contributed by atoms with Gasteiger partial charge in [-0.05, 0) is 35.6 Å². The molecule has 0 saturated carbocycles. The third-order valence-corrected chi connectivity index (χ3v) is 3.64. The average Bonchev–Trinajstić information content (AvgIpc) is 2.54. The van der Waals surface area contributed by atoms with Crippen LogP contribution in [0.4, 0.5) is 5.69 Å². The van der Waals surface area contributed by atoms with Crippen molar-refractivity contribution >= 4 is 22.5 Å². The van der Waals surface area contributed by atoms with Crippen LogP contribution in [0.2, 0.25) is 0 Å². The van der Waals surface area contributed by atoms with Crippen molar-refractivity contribution in [1.29, 1.82) is 0 Å². The van der Waals surface area contributed by atoms with Gasteiger partial charge in [-0.3, -0.25) is 9.59 Å². The first-order chi connectivity index (χ1) is 10.7. The number of carbonyl (C=O) groups excluding carboxylic acids is 1. The van der Waals surface area contributed by atoms with Crippen molar-refractivity contribution in [3.63, 3.8) is 0 Å². The van der Waals surface area contributed by atoms with E-state index in [1.807, 2.05) is 55.5 Å². The molecule has 4 heteroatoms. The first-order valence-electron chi connectivity index (χ1n) is 7.20. The number of aromatic nitrogens is 1. The Balaban J connectivity index is 1.98. The molecule has 0 bridgehead atoms. The van der Waals surface area contributed by atoms with Gasteiger partial charge in [0.05, 0.1) is 0 Å². The SMILES string of the molecule is CCc1ccccc1NC(=O)c1cc2ccccc2[nH]c1=O. The lowest BCUT2D eigenvalue weighted by atomic mass is 10.1. The smallest absolute Gasteiger partial charge is 0.261 e. The molecule has 110 valence electrons. The van der Waals surface area contributed by atoms with Crippen molar-refractivity contribution in [1.82, 2.24) is 4.98 Å². The number of aryl methyl sites for hydroxylation is 1. The van der Waals surface area contributed by atoms with Gasteiger partial charge in [0, 0.05) is 11.2 Å². The van der Waals surface area contributed by atoms with E-state index in [1.165, 1.54) is 0 Å². The molecule has 3 rings (SSSR count). The highest BCUT2D eigenvalue weighted by atomic mass is 16.2. The number of amides is 1. The molecule has 1 heterocycles. The number of pyridine rings is 1. The van der Waals surface area contributed by atoms with Gasteiger partial charge < -0.3 is 10.3 Å². The number of anilines is 1. The predicted molar refractivity (Wildman–Crippen MR) is 88.3 cm³/mol. The number of rotatable bonds is 3. The largest absolute Gasteiger partial charge is 0.322 e. The lowest BCUT2D eigenvalue weighted by molar-refractivity contribution is 0.102. The van der Waals surface area contributed by atoms with Crippen LogP contribution in [0, 0.1) is 0 Å². The first-order valence-corrected chi connectivity index (χ1v) is 7.20. The second-order valence-electron chi connectivity index (χ2n) is 5.06. The van der Waals surface area contributed by atoms with Crippen LogP contribution >= 0.6 is 0 Å².